The van der Waals surface area contributed by atoms with Crippen molar-refractivity contribution in [3.8, 4) is 0 Å². The van der Waals surface area contributed by atoms with Crippen LogP contribution < -0.4 is 0 Å². The van der Waals surface area contributed by atoms with Gasteiger partial charge in [-0.3, -0.25) is 9.59 Å². The Morgan fingerprint density at radius 3 is 2.33 bits per heavy atom. The van der Waals surface area contributed by atoms with Crippen molar-refractivity contribution in [3.05, 3.63) is 35.4 Å². The van der Waals surface area contributed by atoms with E-state index in [4.69, 9.17) is 4.74 Å². The van der Waals surface area contributed by atoms with E-state index in [1.165, 1.54) is 24.1 Å². The number of hydrogen-bond acceptors (Lipinski definition) is 4. The largest absolute Gasteiger partial charge is 0.459 e. The summed E-state index contributed by atoms with van der Waals surface area (Å²) in [5, 5.41) is 11.8. The quantitative estimate of drug-likeness (QED) is 0.743. The maximum absolute atomic E-state index is 13.2. The van der Waals surface area contributed by atoms with E-state index in [0.29, 0.717) is 18.4 Å². The number of carbonyl (C=O) groups excluding carboxylic acids is 2. The van der Waals surface area contributed by atoms with Crippen molar-refractivity contribution in [2.45, 2.75) is 70.4 Å². The number of ether oxygens (including phenoxy) is 1. The van der Waals surface area contributed by atoms with Gasteiger partial charge in [-0.05, 0) is 64.2 Å². The highest BCUT2D eigenvalue weighted by atomic mass is 19.4. The smallest absolute Gasteiger partial charge is 0.416 e. The van der Waals surface area contributed by atoms with Gasteiger partial charge in [0.2, 0.25) is 5.91 Å². The summed E-state index contributed by atoms with van der Waals surface area (Å²) in [5.74, 6) is -1.31. The van der Waals surface area contributed by atoms with Gasteiger partial charge in [0.05, 0.1) is 5.56 Å². The van der Waals surface area contributed by atoms with Crippen molar-refractivity contribution >= 4 is 11.9 Å². The average molecular weight is 427 g/mol. The molecule has 0 spiro atoms. The van der Waals surface area contributed by atoms with Crippen LogP contribution >= 0.6 is 0 Å². The molecule has 0 aromatic heterocycles. The SMILES string of the molecule is CN1C(=O)CC[C@@]2(C(=O)OC(C)(C)C)CC[C@@H](Cc3ccc(C(F)(F)F)cc3)[C@@]12O. The van der Waals surface area contributed by atoms with Crippen LogP contribution in [0.2, 0.25) is 0 Å². The van der Waals surface area contributed by atoms with Crippen LogP contribution in [0.15, 0.2) is 24.3 Å². The number of hydrogen-bond donors (Lipinski definition) is 1. The molecule has 0 unspecified atom stereocenters. The Kier molecular flexibility index (Phi) is 5.46. The highest BCUT2D eigenvalue weighted by Crippen LogP contribution is 2.58. The Bertz CT molecular complexity index is 830. The molecule has 3 atom stereocenters. The van der Waals surface area contributed by atoms with Crippen LogP contribution in [0.4, 0.5) is 13.2 Å². The van der Waals surface area contributed by atoms with Gasteiger partial charge in [-0.2, -0.15) is 13.2 Å². The molecular weight excluding hydrogens is 399 g/mol. The number of carbonyl (C=O) groups is 2. The van der Waals surface area contributed by atoms with Crippen molar-refractivity contribution in [1.82, 2.24) is 4.90 Å². The molecule has 1 aliphatic heterocycles. The van der Waals surface area contributed by atoms with Gasteiger partial charge < -0.3 is 14.7 Å². The molecule has 1 saturated carbocycles. The Morgan fingerprint density at radius 2 is 1.80 bits per heavy atom. The van der Waals surface area contributed by atoms with Gasteiger partial charge in [-0.25, -0.2) is 0 Å². The zero-order chi connectivity index (χ0) is 22.5. The third-order valence-corrected chi connectivity index (χ3v) is 6.40. The second-order valence-electron chi connectivity index (χ2n) is 9.40. The zero-order valence-corrected chi connectivity index (χ0v) is 17.7. The third-order valence-electron chi connectivity index (χ3n) is 6.40. The lowest BCUT2D eigenvalue weighted by Crippen LogP contribution is -2.67. The molecule has 2 fully saturated rings. The second-order valence-corrected chi connectivity index (χ2v) is 9.40. The van der Waals surface area contributed by atoms with E-state index in [0.717, 1.165) is 12.1 Å². The van der Waals surface area contributed by atoms with Crippen LogP contribution in [0.3, 0.4) is 0 Å². The number of alkyl halides is 3. The summed E-state index contributed by atoms with van der Waals surface area (Å²) in [6.07, 6.45) is -3.06. The standard InChI is InChI=1S/C22H28F3NO4/c1-19(2,3)30-18(28)20-11-9-16(21(20,29)26(4)17(27)10-12-20)13-14-5-7-15(8-6-14)22(23,24)25/h5-8,16,29H,9-13H2,1-4H3/t16-,20+,21-/m0/s1. The first-order valence-corrected chi connectivity index (χ1v) is 10.1. The van der Waals surface area contributed by atoms with Gasteiger partial charge in [0, 0.05) is 19.4 Å². The van der Waals surface area contributed by atoms with Gasteiger partial charge in [0.15, 0.2) is 5.72 Å². The number of esters is 1. The van der Waals surface area contributed by atoms with Crippen molar-refractivity contribution in [2.24, 2.45) is 11.3 Å². The molecule has 0 bridgehead atoms. The van der Waals surface area contributed by atoms with Crippen LogP contribution in [-0.2, 0) is 26.9 Å². The van der Waals surface area contributed by atoms with E-state index in [2.05, 4.69) is 0 Å². The molecule has 2 aliphatic rings. The molecular formula is C22H28F3NO4. The molecule has 1 N–H and O–H groups in total. The molecule has 0 radical (unpaired) electrons. The van der Waals surface area contributed by atoms with E-state index < -0.39 is 40.4 Å². The molecule has 1 amide bonds. The van der Waals surface area contributed by atoms with Crippen molar-refractivity contribution in [3.63, 3.8) is 0 Å². The number of amides is 1. The molecule has 1 aromatic carbocycles. The Balaban J connectivity index is 1.93. The van der Waals surface area contributed by atoms with Crippen LogP contribution in [-0.4, -0.2) is 40.3 Å². The summed E-state index contributed by atoms with van der Waals surface area (Å²) in [7, 11) is 1.48. The number of halogens is 3. The lowest BCUT2D eigenvalue weighted by molar-refractivity contribution is -0.231. The van der Waals surface area contributed by atoms with Gasteiger partial charge in [-0.1, -0.05) is 12.1 Å². The first-order valence-electron chi connectivity index (χ1n) is 10.1. The number of benzene rings is 1. The van der Waals surface area contributed by atoms with Crippen LogP contribution in [0.1, 0.15) is 57.6 Å². The number of nitrogens with zero attached hydrogens (tertiary/aromatic N) is 1. The minimum atomic E-state index is -4.42. The molecule has 30 heavy (non-hydrogen) atoms. The molecule has 1 aliphatic carbocycles. The number of likely N-dealkylation sites (tertiary alicyclic amines) is 1. The second kappa shape index (κ2) is 7.25. The lowest BCUT2D eigenvalue weighted by atomic mass is 9.69. The molecule has 1 saturated heterocycles. The maximum Gasteiger partial charge on any atom is 0.416 e. The topological polar surface area (TPSA) is 66.8 Å². The van der Waals surface area contributed by atoms with Crippen molar-refractivity contribution < 1.29 is 32.6 Å². The Hall–Kier alpha value is -2.09. The summed E-state index contributed by atoms with van der Waals surface area (Å²) in [5.41, 5.74) is -3.90. The molecule has 3 rings (SSSR count). The minimum absolute atomic E-state index is 0.130. The van der Waals surface area contributed by atoms with Gasteiger partial charge in [-0.15, -0.1) is 0 Å². The van der Waals surface area contributed by atoms with Gasteiger partial charge in [0.25, 0.3) is 0 Å². The monoisotopic (exact) mass is 427 g/mol. The molecule has 1 aromatic rings. The van der Waals surface area contributed by atoms with Gasteiger partial charge >= 0.3 is 12.1 Å². The minimum Gasteiger partial charge on any atom is -0.459 e. The summed E-state index contributed by atoms with van der Waals surface area (Å²) in [4.78, 5) is 26.9. The summed E-state index contributed by atoms with van der Waals surface area (Å²) >= 11 is 0. The number of fused-ring (bicyclic) bond motifs is 1. The fourth-order valence-corrected chi connectivity index (χ4v) is 4.87. The number of piperidine rings is 1. The summed E-state index contributed by atoms with van der Waals surface area (Å²) in [6, 6.07) is 4.77. The molecule has 1 heterocycles. The Labute approximate surface area is 174 Å². The summed E-state index contributed by atoms with van der Waals surface area (Å²) < 4.78 is 44.1. The zero-order valence-electron chi connectivity index (χ0n) is 17.7. The average Bonchev–Trinajstić information content (AvgIpc) is 2.92. The highest BCUT2D eigenvalue weighted by molar-refractivity contribution is 5.86. The highest BCUT2D eigenvalue weighted by Gasteiger charge is 2.69. The number of rotatable bonds is 3. The van der Waals surface area contributed by atoms with Crippen LogP contribution in [0, 0.1) is 11.3 Å². The first-order chi connectivity index (χ1) is 13.7. The molecule has 166 valence electrons. The lowest BCUT2D eigenvalue weighted by Gasteiger charge is -2.52. The predicted molar refractivity (Wildman–Crippen MR) is 103 cm³/mol. The van der Waals surface area contributed by atoms with E-state index in [-0.39, 0.29) is 25.2 Å². The predicted octanol–water partition coefficient (Wildman–Crippen LogP) is 3.93. The van der Waals surface area contributed by atoms with Crippen molar-refractivity contribution in [1.29, 1.82) is 0 Å². The Morgan fingerprint density at radius 1 is 1.20 bits per heavy atom. The first kappa shape index (κ1) is 22.6. The van der Waals surface area contributed by atoms with Crippen LogP contribution in [0.25, 0.3) is 0 Å². The fraction of sp³-hybridized carbons (Fsp3) is 0.636. The van der Waals surface area contributed by atoms with Crippen molar-refractivity contribution in [2.75, 3.05) is 7.05 Å². The van der Waals surface area contributed by atoms with E-state index >= 15 is 0 Å². The van der Waals surface area contributed by atoms with Crippen LogP contribution in [0.5, 0.6) is 0 Å². The normalized spacial score (nSPS) is 29.7. The third kappa shape index (κ3) is 3.70. The number of aliphatic hydroxyl groups is 1. The fourth-order valence-electron chi connectivity index (χ4n) is 4.87. The van der Waals surface area contributed by atoms with E-state index in [1.807, 2.05) is 0 Å². The van der Waals surface area contributed by atoms with E-state index in [9.17, 15) is 27.9 Å². The van der Waals surface area contributed by atoms with E-state index in [1.54, 1.807) is 20.8 Å². The molecule has 8 heteroatoms. The maximum atomic E-state index is 13.2. The summed E-state index contributed by atoms with van der Waals surface area (Å²) in [6.45, 7) is 5.23. The molecule has 5 nitrogen and oxygen atoms in total. The van der Waals surface area contributed by atoms with Gasteiger partial charge in [0.1, 0.15) is 11.0 Å².